The molecule has 2 aliphatic rings. The molecule has 2 fully saturated rings. The Hall–Kier alpha value is -0.590. The van der Waals surface area contributed by atoms with Crippen molar-refractivity contribution in [3.05, 3.63) is 0 Å². The van der Waals surface area contributed by atoms with Crippen LogP contribution in [0.4, 0.5) is 0 Å². The molecule has 1 saturated carbocycles. The zero-order chi connectivity index (χ0) is 11.4. The van der Waals surface area contributed by atoms with Crippen LogP contribution in [-0.4, -0.2) is 36.6 Å². The van der Waals surface area contributed by atoms with Gasteiger partial charge >= 0.3 is 0 Å². The zero-order valence-electron chi connectivity index (χ0n) is 10.3. The van der Waals surface area contributed by atoms with E-state index in [-0.39, 0.29) is 6.04 Å². The monoisotopic (exact) mass is 221 g/mol. The normalized spacial score (nSPS) is 36.9. The molecule has 3 unspecified atom stereocenters. The topological polar surface area (TPSA) is 39.1 Å². The van der Waals surface area contributed by atoms with Crippen LogP contribution in [0.25, 0.3) is 0 Å². The van der Waals surface area contributed by atoms with E-state index in [1.165, 1.54) is 32.1 Å². The van der Waals surface area contributed by atoms with Crippen molar-refractivity contribution in [1.82, 2.24) is 10.2 Å². The smallest absolute Gasteiger partial charge is 0.111 e. The van der Waals surface area contributed by atoms with Gasteiger partial charge in [-0.2, -0.15) is 5.26 Å². The first-order valence-corrected chi connectivity index (χ1v) is 6.73. The molecule has 0 aromatic rings. The van der Waals surface area contributed by atoms with Crippen LogP contribution in [0, 0.1) is 17.2 Å². The lowest BCUT2D eigenvalue weighted by atomic mass is 9.81. The van der Waals surface area contributed by atoms with Crippen molar-refractivity contribution in [2.24, 2.45) is 5.92 Å². The Balaban J connectivity index is 2.05. The van der Waals surface area contributed by atoms with Crippen LogP contribution >= 0.6 is 0 Å². The lowest BCUT2D eigenvalue weighted by Gasteiger charge is -2.44. The molecule has 1 aliphatic heterocycles. The third-order valence-corrected chi connectivity index (χ3v) is 4.25. The van der Waals surface area contributed by atoms with Gasteiger partial charge in [0.1, 0.15) is 6.04 Å². The molecule has 1 heterocycles. The number of nitrogens with zero attached hydrogens (tertiary/aromatic N) is 2. The highest BCUT2D eigenvalue weighted by atomic mass is 15.2. The minimum Gasteiger partial charge on any atom is -0.313 e. The Morgan fingerprint density at radius 1 is 1.38 bits per heavy atom. The molecular weight excluding hydrogens is 198 g/mol. The molecule has 1 saturated heterocycles. The SMILES string of the molecule is CCC1CCCCC1N1CCNCC1C#N. The molecule has 0 spiro atoms. The molecule has 0 radical (unpaired) electrons. The van der Waals surface area contributed by atoms with Crippen molar-refractivity contribution in [2.75, 3.05) is 19.6 Å². The van der Waals surface area contributed by atoms with E-state index in [9.17, 15) is 5.26 Å². The van der Waals surface area contributed by atoms with E-state index in [1.807, 2.05) is 0 Å². The fourth-order valence-corrected chi connectivity index (χ4v) is 3.34. The maximum Gasteiger partial charge on any atom is 0.111 e. The minimum atomic E-state index is 0.103. The summed E-state index contributed by atoms with van der Waals surface area (Å²) in [6.07, 6.45) is 6.67. The molecule has 1 N–H and O–H groups in total. The number of nitrogens with one attached hydrogen (secondary N) is 1. The van der Waals surface area contributed by atoms with Crippen molar-refractivity contribution >= 4 is 0 Å². The van der Waals surface area contributed by atoms with Gasteiger partial charge < -0.3 is 5.32 Å². The molecule has 3 atom stereocenters. The van der Waals surface area contributed by atoms with Crippen LogP contribution in [0.5, 0.6) is 0 Å². The molecule has 0 amide bonds. The van der Waals surface area contributed by atoms with Gasteiger partial charge in [0.05, 0.1) is 6.07 Å². The van der Waals surface area contributed by atoms with Gasteiger partial charge in [-0.1, -0.05) is 26.2 Å². The van der Waals surface area contributed by atoms with E-state index in [0.717, 1.165) is 25.6 Å². The molecular formula is C13H23N3. The summed E-state index contributed by atoms with van der Waals surface area (Å²) in [6, 6.07) is 3.23. The van der Waals surface area contributed by atoms with Gasteiger partial charge in [0.15, 0.2) is 0 Å². The number of nitriles is 1. The summed E-state index contributed by atoms with van der Waals surface area (Å²) in [5, 5.41) is 12.5. The summed E-state index contributed by atoms with van der Waals surface area (Å²) in [5.74, 6) is 0.822. The Kier molecular flexibility index (Phi) is 4.20. The van der Waals surface area contributed by atoms with E-state index in [0.29, 0.717) is 6.04 Å². The van der Waals surface area contributed by atoms with Crippen molar-refractivity contribution in [1.29, 1.82) is 5.26 Å². The number of hydrogen-bond donors (Lipinski definition) is 1. The van der Waals surface area contributed by atoms with Crippen molar-refractivity contribution in [3.8, 4) is 6.07 Å². The van der Waals surface area contributed by atoms with Gasteiger partial charge in [0.2, 0.25) is 0 Å². The maximum absolute atomic E-state index is 9.22. The largest absolute Gasteiger partial charge is 0.313 e. The molecule has 1 aliphatic carbocycles. The van der Waals surface area contributed by atoms with Gasteiger partial charge in [-0.25, -0.2) is 0 Å². The lowest BCUT2D eigenvalue weighted by Crippen LogP contribution is -2.56. The van der Waals surface area contributed by atoms with Gasteiger partial charge in [-0.15, -0.1) is 0 Å². The quantitative estimate of drug-likeness (QED) is 0.772. The van der Waals surface area contributed by atoms with E-state index in [1.54, 1.807) is 0 Å². The summed E-state index contributed by atoms with van der Waals surface area (Å²) < 4.78 is 0. The highest BCUT2D eigenvalue weighted by molar-refractivity contribution is 5.00. The highest BCUT2D eigenvalue weighted by Gasteiger charge is 2.34. The second-order valence-corrected chi connectivity index (χ2v) is 5.11. The van der Waals surface area contributed by atoms with Crippen LogP contribution in [-0.2, 0) is 0 Å². The first-order chi connectivity index (χ1) is 7.86. The van der Waals surface area contributed by atoms with Gasteiger partial charge in [0, 0.05) is 25.7 Å². The Morgan fingerprint density at radius 3 is 2.94 bits per heavy atom. The summed E-state index contributed by atoms with van der Waals surface area (Å²) in [5.41, 5.74) is 0. The third-order valence-electron chi connectivity index (χ3n) is 4.25. The van der Waals surface area contributed by atoms with Gasteiger partial charge in [-0.05, 0) is 18.8 Å². The minimum absolute atomic E-state index is 0.103. The first kappa shape index (κ1) is 11.9. The highest BCUT2D eigenvalue weighted by Crippen LogP contribution is 2.31. The second kappa shape index (κ2) is 5.65. The molecule has 90 valence electrons. The molecule has 3 heteroatoms. The predicted molar refractivity (Wildman–Crippen MR) is 65.0 cm³/mol. The number of rotatable bonds is 2. The van der Waals surface area contributed by atoms with Crippen molar-refractivity contribution < 1.29 is 0 Å². The van der Waals surface area contributed by atoms with Crippen molar-refractivity contribution in [2.45, 2.75) is 51.1 Å². The van der Waals surface area contributed by atoms with Crippen LogP contribution < -0.4 is 5.32 Å². The molecule has 0 aromatic heterocycles. The van der Waals surface area contributed by atoms with Gasteiger partial charge in [0.25, 0.3) is 0 Å². The zero-order valence-corrected chi connectivity index (χ0v) is 10.3. The van der Waals surface area contributed by atoms with Crippen LogP contribution in [0.15, 0.2) is 0 Å². The molecule has 3 nitrogen and oxygen atoms in total. The van der Waals surface area contributed by atoms with E-state index in [4.69, 9.17) is 0 Å². The Bertz CT molecular complexity index is 258. The predicted octanol–water partition coefficient (Wildman–Crippen LogP) is 1.75. The van der Waals surface area contributed by atoms with Crippen LogP contribution in [0.1, 0.15) is 39.0 Å². The summed E-state index contributed by atoms with van der Waals surface area (Å²) in [4.78, 5) is 2.48. The van der Waals surface area contributed by atoms with Crippen LogP contribution in [0.3, 0.4) is 0 Å². The van der Waals surface area contributed by atoms with Gasteiger partial charge in [-0.3, -0.25) is 4.90 Å². The average Bonchev–Trinajstić information content (AvgIpc) is 2.38. The molecule has 0 aromatic carbocycles. The fourth-order valence-electron chi connectivity index (χ4n) is 3.34. The average molecular weight is 221 g/mol. The molecule has 2 rings (SSSR count). The number of piperazine rings is 1. The first-order valence-electron chi connectivity index (χ1n) is 6.73. The fraction of sp³-hybridized carbons (Fsp3) is 0.923. The number of hydrogen-bond acceptors (Lipinski definition) is 3. The van der Waals surface area contributed by atoms with E-state index in [2.05, 4.69) is 23.2 Å². The molecule has 16 heavy (non-hydrogen) atoms. The second-order valence-electron chi connectivity index (χ2n) is 5.11. The lowest BCUT2D eigenvalue weighted by molar-refractivity contribution is 0.0652. The summed E-state index contributed by atoms with van der Waals surface area (Å²) in [7, 11) is 0. The third kappa shape index (κ3) is 2.39. The molecule has 0 bridgehead atoms. The summed E-state index contributed by atoms with van der Waals surface area (Å²) in [6.45, 7) is 5.25. The maximum atomic E-state index is 9.22. The van der Waals surface area contributed by atoms with Crippen LogP contribution in [0.2, 0.25) is 0 Å². The summed E-state index contributed by atoms with van der Waals surface area (Å²) >= 11 is 0. The van der Waals surface area contributed by atoms with E-state index >= 15 is 0 Å². The standard InChI is InChI=1S/C13H23N3/c1-2-11-5-3-4-6-13(11)16-8-7-15-10-12(16)9-14/h11-13,15H,2-8,10H2,1H3. The Labute approximate surface area is 98.8 Å². The van der Waals surface area contributed by atoms with E-state index < -0.39 is 0 Å². The Morgan fingerprint density at radius 2 is 2.19 bits per heavy atom. The van der Waals surface area contributed by atoms with Crippen molar-refractivity contribution in [3.63, 3.8) is 0 Å².